The van der Waals surface area contributed by atoms with E-state index in [9.17, 15) is 35.4 Å². The van der Waals surface area contributed by atoms with E-state index in [1.165, 1.54) is 0 Å². The Balaban J connectivity index is 2.13. The first-order valence-electron chi connectivity index (χ1n) is 6.92. The molecule has 23 heavy (non-hydrogen) atoms. The van der Waals surface area contributed by atoms with Crippen LogP contribution in [0.25, 0.3) is 0 Å². The molecule has 7 N–H and O–H groups in total. The van der Waals surface area contributed by atoms with E-state index >= 15 is 0 Å². The fourth-order valence-electron chi connectivity index (χ4n) is 2.48. The molecule has 0 radical (unpaired) electrons. The summed E-state index contributed by atoms with van der Waals surface area (Å²) in [4.78, 5) is 10.8. The highest BCUT2D eigenvalue weighted by Crippen LogP contribution is 2.28. The Morgan fingerprint density at radius 1 is 0.870 bits per heavy atom. The standard InChI is InChI=1S/C12H20O11/c13-1-3-5(15)7(17)8(18)12(22-3)23-10-6(16)4(2-14)21-11(20)9(10)19/h1,3-12,14-20H,2H2. The Morgan fingerprint density at radius 2 is 1.52 bits per heavy atom. The van der Waals surface area contributed by atoms with Crippen molar-refractivity contribution >= 4 is 6.29 Å². The van der Waals surface area contributed by atoms with Crippen molar-refractivity contribution in [1.82, 2.24) is 0 Å². The molecule has 10 unspecified atom stereocenters. The molecule has 134 valence electrons. The van der Waals surface area contributed by atoms with Crippen LogP contribution in [0.15, 0.2) is 0 Å². The van der Waals surface area contributed by atoms with Crippen molar-refractivity contribution in [1.29, 1.82) is 0 Å². The van der Waals surface area contributed by atoms with Crippen molar-refractivity contribution in [3.05, 3.63) is 0 Å². The zero-order valence-corrected chi connectivity index (χ0v) is 11.8. The number of hydrogen-bond donors (Lipinski definition) is 7. The number of aldehydes is 1. The van der Waals surface area contributed by atoms with Gasteiger partial charge in [-0.1, -0.05) is 0 Å². The van der Waals surface area contributed by atoms with Crippen LogP contribution in [0.4, 0.5) is 0 Å². The lowest BCUT2D eigenvalue weighted by atomic mass is 9.97. The number of hydrogen-bond acceptors (Lipinski definition) is 11. The van der Waals surface area contributed by atoms with Gasteiger partial charge in [0.15, 0.2) is 18.9 Å². The highest BCUT2D eigenvalue weighted by Gasteiger charge is 2.50. The van der Waals surface area contributed by atoms with E-state index in [0.29, 0.717) is 0 Å². The van der Waals surface area contributed by atoms with E-state index in [1.807, 2.05) is 0 Å². The molecule has 0 aromatic heterocycles. The monoisotopic (exact) mass is 340 g/mol. The lowest BCUT2D eigenvalue weighted by Gasteiger charge is -2.44. The minimum atomic E-state index is -1.78. The average Bonchev–Trinajstić information content (AvgIpc) is 2.54. The lowest BCUT2D eigenvalue weighted by Crippen LogP contribution is -2.64. The number of rotatable bonds is 4. The summed E-state index contributed by atoms with van der Waals surface area (Å²) in [6, 6.07) is 0. The molecule has 11 nitrogen and oxygen atoms in total. The van der Waals surface area contributed by atoms with Gasteiger partial charge in [-0.2, -0.15) is 0 Å². The summed E-state index contributed by atoms with van der Waals surface area (Å²) in [5.41, 5.74) is 0. The van der Waals surface area contributed by atoms with Crippen LogP contribution >= 0.6 is 0 Å². The molecule has 10 atom stereocenters. The number of ether oxygens (including phenoxy) is 3. The summed E-state index contributed by atoms with van der Waals surface area (Å²) in [6.45, 7) is -0.683. The second-order valence-corrected chi connectivity index (χ2v) is 5.41. The third-order valence-corrected chi connectivity index (χ3v) is 3.87. The molecule has 0 aliphatic carbocycles. The van der Waals surface area contributed by atoms with E-state index in [2.05, 4.69) is 0 Å². The van der Waals surface area contributed by atoms with Crippen molar-refractivity contribution in [3.63, 3.8) is 0 Å². The Kier molecular flexibility index (Phi) is 6.02. The minimum Gasteiger partial charge on any atom is -0.394 e. The Morgan fingerprint density at radius 3 is 2.09 bits per heavy atom. The molecular formula is C12H20O11. The molecule has 0 aromatic carbocycles. The summed E-state index contributed by atoms with van der Waals surface area (Å²) in [6.07, 6.45) is -16.1. The molecule has 0 saturated carbocycles. The fourth-order valence-corrected chi connectivity index (χ4v) is 2.48. The van der Waals surface area contributed by atoms with Gasteiger partial charge in [-0.3, -0.25) is 0 Å². The van der Waals surface area contributed by atoms with Gasteiger partial charge in [-0.15, -0.1) is 0 Å². The third-order valence-electron chi connectivity index (χ3n) is 3.87. The van der Waals surface area contributed by atoms with Crippen molar-refractivity contribution in [2.75, 3.05) is 6.61 Å². The van der Waals surface area contributed by atoms with E-state index in [-0.39, 0.29) is 6.29 Å². The Bertz CT molecular complexity index is 406. The van der Waals surface area contributed by atoms with Crippen LogP contribution in [-0.4, -0.2) is 110 Å². The van der Waals surface area contributed by atoms with E-state index in [1.54, 1.807) is 0 Å². The predicted molar refractivity (Wildman–Crippen MR) is 67.6 cm³/mol. The van der Waals surface area contributed by atoms with Crippen LogP contribution in [0.2, 0.25) is 0 Å². The topological polar surface area (TPSA) is 186 Å². The second-order valence-electron chi connectivity index (χ2n) is 5.41. The first kappa shape index (κ1) is 18.6. The molecule has 0 spiro atoms. The summed E-state index contributed by atoms with van der Waals surface area (Å²) in [5.74, 6) is 0. The first-order chi connectivity index (χ1) is 10.8. The minimum absolute atomic E-state index is 0.193. The van der Waals surface area contributed by atoms with Gasteiger partial charge in [0.05, 0.1) is 6.61 Å². The van der Waals surface area contributed by atoms with Gasteiger partial charge in [-0.05, 0) is 0 Å². The summed E-state index contributed by atoms with van der Waals surface area (Å²) >= 11 is 0. The van der Waals surface area contributed by atoms with Crippen LogP contribution < -0.4 is 0 Å². The highest BCUT2D eigenvalue weighted by molar-refractivity contribution is 5.57. The van der Waals surface area contributed by atoms with Crippen molar-refractivity contribution in [2.24, 2.45) is 0 Å². The third kappa shape index (κ3) is 3.53. The molecular weight excluding hydrogens is 320 g/mol. The first-order valence-corrected chi connectivity index (χ1v) is 6.92. The molecule has 2 rings (SSSR count). The van der Waals surface area contributed by atoms with Crippen molar-refractivity contribution in [2.45, 2.75) is 61.4 Å². The number of aliphatic hydroxyl groups excluding tert-OH is 7. The van der Waals surface area contributed by atoms with Gasteiger partial charge in [-0.25, -0.2) is 0 Å². The van der Waals surface area contributed by atoms with E-state index in [4.69, 9.17) is 19.3 Å². The molecule has 0 aromatic rings. The molecule has 2 aliphatic rings. The maximum Gasteiger partial charge on any atom is 0.187 e. The van der Waals surface area contributed by atoms with Crippen LogP contribution in [0, 0.1) is 0 Å². The van der Waals surface area contributed by atoms with Crippen LogP contribution in [-0.2, 0) is 19.0 Å². The van der Waals surface area contributed by atoms with Gasteiger partial charge < -0.3 is 54.8 Å². The van der Waals surface area contributed by atoms with Gasteiger partial charge >= 0.3 is 0 Å². The molecule has 2 aliphatic heterocycles. The number of carbonyl (C=O) groups excluding carboxylic acids is 1. The molecule has 2 saturated heterocycles. The maximum atomic E-state index is 10.8. The molecule has 0 bridgehead atoms. The lowest BCUT2D eigenvalue weighted by molar-refractivity contribution is -0.349. The molecule has 2 heterocycles. The second kappa shape index (κ2) is 7.44. The Hall–Kier alpha value is -0.730. The highest BCUT2D eigenvalue weighted by atomic mass is 16.7. The average molecular weight is 340 g/mol. The smallest absolute Gasteiger partial charge is 0.187 e. The Labute approximate surface area is 130 Å². The SMILES string of the molecule is O=CC1OC(OC2C(O)C(O)OC(CO)C2O)C(O)C(O)C1O. The normalized spacial score (nSPS) is 51.4. The van der Waals surface area contributed by atoms with E-state index < -0.39 is 68.0 Å². The summed E-state index contributed by atoms with van der Waals surface area (Å²) in [5, 5.41) is 67.4. The van der Waals surface area contributed by atoms with Gasteiger partial charge in [0.25, 0.3) is 0 Å². The quantitative estimate of drug-likeness (QED) is 0.242. The zero-order chi connectivity index (χ0) is 17.3. The predicted octanol–water partition coefficient (Wildman–Crippen LogP) is -5.19. The van der Waals surface area contributed by atoms with Crippen LogP contribution in [0.3, 0.4) is 0 Å². The van der Waals surface area contributed by atoms with Crippen LogP contribution in [0.1, 0.15) is 0 Å². The fraction of sp³-hybridized carbons (Fsp3) is 0.917. The van der Waals surface area contributed by atoms with Gasteiger partial charge in [0, 0.05) is 0 Å². The largest absolute Gasteiger partial charge is 0.394 e. The summed E-state index contributed by atoms with van der Waals surface area (Å²) in [7, 11) is 0. The van der Waals surface area contributed by atoms with Gasteiger partial charge in [0.1, 0.15) is 48.8 Å². The molecule has 0 amide bonds. The number of aliphatic hydroxyl groups is 7. The maximum absolute atomic E-state index is 10.8. The van der Waals surface area contributed by atoms with Crippen molar-refractivity contribution < 1.29 is 54.8 Å². The number of carbonyl (C=O) groups is 1. The van der Waals surface area contributed by atoms with Gasteiger partial charge in [0.2, 0.25) is 0 Å². The van der Waals surface area contributed by atoms with Crippen molar-refractivity contribution in [3.8, 4) is 0 Å². The molecule has 11 heteroatoms. The van der Waals surface area contributed by atoms with Crippen LogP contribution in [0.5, 0.6) is 0 Å². The van der Waals surface area contributed by atoms with E-state index in [0.717, 1.165) is 0 Å². The summed E-state index contributed by atoms with van der Waals surface area (Å²) < 4.78 is 14.9. The molecule has 2 fully saturated rings. The zero-order valence-electron chi connectivity index (χ0n) is 11.8.